The number of fused-ring (bicyclic) bond motifs is 2. The van der Waals surface area contributed by atoms with Crippen LogP contribution in [0.1, 0.15) is 46.3 Å². The van der Waals surface area contributed by atoms with E-state index in [4.69, 9.17) is 4.98 Å². The molecule has 0 N–H and O–H groups in total. The Balaban J connectivity index is 1.41. The van der Waals surface area contributed by atoms with Crippen molar-refractivity contribution in [1.29, 1.82) is 0 Å². The minimum atomic E-state index is -0.733. The molecule has 0 amide bonds. The predicted molar refractivity (Wildman–Crippen MR) is 142 cm³/mol. The van der Waals surface area contributed by atoms with Crippen molar-refractivity contribution in [2.75, 3.05) is 0 Å². The normalized spacial score (nSPS) is 22.9. The SMILES string of the molecule is [c-]1ccccc1C1c2cccc(n2)C(c2[c-]cccc2)N2C=CN3[C]2=[Ir]=[C]2N1C=CN2C3c1[c-]cccc1. The molecule has 0 radical (unpaired) electrons. The van der Waals surface area contributed by atoms with Gasteiger partial charge >= 0.3 is 230 Å². The topological polar surface area (TPSA) is 25.9 Å². The second-order valence-electron chi connectivity index (χ2n) is 9.43. The van der Waals surface area contributed by atoms with E-state index < -0.39 is 16.8 Å². The summed E-state index contributed by atoms with van der Waals surface area (Å²) in [4.78, 5) is 15.1. The van der Waals surface area contributed by atoms with E-state index in [1.165, 1.54) is 8.54 Å². The summed E-state index contributed by atoms with van der Waals surface area (Å²) in [5, 5.41) is 0. The summed E-state index contributed by atoms with van der Waals surface area (Å²) < 4.78 is 2.69. The molecule has 6 heteroatoms. The third-order valence-electron chi connectivity index (χ3n) is 7.23. The van der Waals surface area contributed by atoms with Gasteiger partial charge in [0, 0.05) is 0 Å². The van der Waals surface area contributed by atoms with Gasteiger partial charge in [-0.3, -0.25) is 0 Å². The van der Waals surface area contributed by atoms with Crippen LogP contribution in [0.4, 0.5) is 0 Å². The first-order valence-corrected chi connectivity index (χ1v) is 15.0. The van der Waals surface area contributed by atoms with Gasteiger partial charge in [-0.2, -0.15) is 0 Å². The van der Waals surface area contributed by atoms with Crippen molar-refractivity contribution < 1.29 is 16.8 Å². The Hall–Kier alpha value is -4.12. The molecule has 0 fully saturated rings. The molecule has 5 nitrogen and oxygen atoms in total. The maximum absolute atomic E-state index is 5.34. The van der Waals surface area contributed by atoms with Gasteiger partial charge in [0.05, 0.1) is 0 Å². The molecule has 0 aliphatic carbocycles. The van der Waals surface area contributed by atoms with Gasteiger partial charge in [-0.15, -0.1) is 0 Å². The van der Waals surface area contributed by atoms with Crippen LogP contribution in [0.5, 0.6) is 0 Å². The molecule has 4 aliphatic rings. The van der Waals surface area contributed by atoms with Gasteiger partial charge in [0.25, 0.3) is 0 Å². The molecular formula is C32H22IrN5-3. The van der Waals surface area contributed by atoms with E-state index in [0.717, 1.165) is 28.1 Å². The first kappa shape index (κ1) is 21.9. The summed E-state index contributed by atoms with van der Waals surface area (Å²) in [5.41, 5.74) is 5.42. The molecule has 0 saturated heterocycles. The molecule has 187 valence electrons. The van der Waals surface area contributed by atoms with Crippen molar-refractivity contribution in [2.45, 2.75) is 18.2 Å². The Bertz CT molecular complexity index is 1550. The van der Waals surface area contributed by atoms with Crippen LogP contribution in [-0.2, 0) is 16.8 Å². The molecule has 38 heavy (non-hydrogen) atoms. The Morgan fingerprint density at radius 1 is 0.526 bits per heavy atom. The molecular weight excluding hydrogens is 647 g/mol. The molecule has 5 heterocycles. The third kappa shape index (κ3) is 3.31. The van der Waals surface area contributed by atoms with Gasteiger partial charge in [0.2, 0.25) is 0 Å². The van der Waals surface area contributed by atoms with Crippen molar-refractivity contribution in [1.82, 2.24) is 24.6 Å². The zero-order chi connectivity index (χ0) is 25.1. The number of aromatic nitrogens is 1. The van der Waals surface area contributed by atoms with E-state index in [9.17, 15) is 0 Å². The quantitative estimate of drug-likeness (QED) is 0.292. The van der Waals surface area contributed by atoms with Crippen molar-refractivity contribution in [2.24, 2.45) is 0 Å². The average Bonchev–Trinajstić information content (AvgIpc) is 3.59. The minimum absolute atomic E-state index is 0.00673. The van der Waals surface area contributed by atoms with Gasteiger partial charge in [0.15, 0.2) is 0 Å². The van der Waals surface area contributed by atoms with Crippen LogP contribution in [0, 0.1) is 18.2 Å². The van der Waals surface area contributed by atoms with Crippen LogP contribution in [0.15, 0.2) is 116 Å². The number of pyridine rings is 1. The number of rotatable bonds is 3. The van der Waals surface area contributed by atoms with E-state index in [1.54, 1.807) is 0 Å². The zero-order valence-corrected chi connectivity index (χ0v) is 22.7. The number of hydrogen-bond donors (Lipinski definition) is 0. The van der Waals surface area contributed by atoms with E-state index in [-0.39, 0.29) is 18.2 Å². The Kier molecular flexibility index (Phi) is 5.03. The Morgan fingerprint density at radius 2 is 1.00 bits per heavy atom. The van der Waals surface area contributed by atoms with Crippen molar-refractivity contribution in [3.05, 3.63) is 162 Å². The van der Waals surface area contributed by atoms with E-state index in [2.05, 4.69) is 117 Å². The fourth-order valence-electron chi connectivity index (χ4n) is 5.59. The van der Waals surface area contributed by atoms with Crippen LogP contribution in [-0.4, -0.2) is 33.1 Å². The van der Waals surface area contributed by atoms with E-state index in [0.29, 0.717) is 0 Å². The summed E-state index contributed by atoms with van der Waals surface area (Å²) in [6, 6.07) is 41.8. The van der Waals surface area contributed by atoms with Gasteiger partial charge in [0.1, 0.15) is 0 Å². The van der Waals surface area contributed by atoms with Crippen LogP contribution >= 0.6 is 0 Å². The maximum atomic E-state index is 5.34. The van der Waals surface area contributed by atoms with Crippen molar-refractivity contribution in [3.8, 4) is 0 Å². The molecule has 0 spiro atoms. The summed E-state index contributed by atoms with van der Waals surface area (Å²) >= 11 is -0.733. The molecule has 3 aromatic carbocycles. The molecule has 2 unspecified atom stereocenters. The molecule has 4 aliphatic heterocycles. The zero-order valence-electron chi connectivity index (χ0n) is 20.3. The van der Waals surface area contributed by atoms with Gasteiger partial charge in [-0.1, -0.05) is 0 Å². The van der Waals surface area contributed by atoms with Gasteiger partial charge in [-0.25, -0.2) is 0 Å². The number of benzene rings is 3. The Morgan fingerprint density at radius 3 is 1.47 bits per heavy atom. The second-order valence-corrected chi connectivity index (χ2v) is 12.2. The van der Waals surface area contributed by atoms with E-state index in [1.807, 2.05) is 36.4 Å². The fraction of sp³-hybridized carbons (Fsp3) is 0.0938. The van der Waals surface area contributed by atoms with Crippen LogP contribution in [0.3, 0.4) is 0 Å². The summed E-state index contributed by atoms with van der Waals surface area (Å²) in [5.74, 6) is 0. The van der Waals surface area contributed by atoms with Gasteiger partial charge in [-0.05, 0) is 0 Å². The van der Waals surface area contributed by atoms with Crippen LogP contribution in [0.2, 0.25) is 0 Å². The van der Waals surface area contributed by atoms with Crippen LogP contribution in [0.25, 0.3) is 0 Å². The van der Waals surface area contributed by atoms with Crippen LogP contribution < -0.4 is 0 Å². The first-order chi connectivity index (χ1) is 18.9. The molecule has 1 aromatic heterocycles. The first-order valence-electron chi connectivity index (χ1n) is 12.6. The van der Waals surface area contributed by atoms with Crippen molar-refractivity contribution in [3.63, 3.8) is 0 Å². The monoisotopic (exact) mass is 669 g/mol. The second kappa shape index (κ2) is 8.73. The molecule has 2 atom stereocenters. The third-order valence-corrected chi connectivity index (χ3v) is 10.8. The van der Waals surface area contributed by atoms with E-state index >= 15 is 0 Å². The van der Waals surface area contributed by atoms with Crippen molar-refractivity contribution >= 4 is 8.54 Å². The fourth-order valence-corrected chi connectivity index (χ4v) is 9.22. The summed E-state index contributed by atoms with van der Waals surface area (Å²) in [6.07, 6.45) is 8.92. The number of nitrogens with zero attached hydrogens (tertiary/aromatic N) is 5. The molecule has 8 rings (SSSR count). The summed E-state index contributed by atoms with van der Waals surface area (Å²) in [7, 11) is 0. The Labute approximate surface area is 229 Å². The summed E-state index contributed by atoms with van der Waals surface area (Å²) in [6.45, 7) is 0. The standard InChI is InChI=1S/C32H22N5.Ir/c1-4-11-25(12-5-1)30-28-17-10-18-29(33-28)31(26-13-6-2-7-14-26)35-20-22-37(24-35)32(27-15-8-3-9-16-27)36-21-19-34(30)23-36;/h1-11,13,15,17-22,30-32H;/q-3;. The molecule has 4 bridgehead atoms. The number of hydrogen-bond acceptors (Lipinski definition) is 5. The predicted octanol–water partition coefficient (Wildman–Crippen LogP) is 4.82. The van der Waals surface area contributed by atoms with Gasteiger partial charge < -0.3 is 0 Å². The molecule has 0 saturated carbocycles. The average molecular weight is 669 g/mol. The molecule has 4 aromatic rings.